The summed E-state index contributed by atoms with van der Waals surface area (Å²) in [5.41, 5.74) is 0.733. The van der Waals surface area contributed by atoms with Crippen LogP contribution < -0.4 is 15.4 Å². The number of para-hydroxylation sites is 1. The molecule has 2 aromatic rings. The number of anilines is 1. The lowest BCUT2D eigenvalue weighted by atomic mass is 10.1. The number of aromatic hydroxyl groups is 1. The van der Waals surface area contributed by atoms with Crippen molar-refractivity contribution in [3.63, 3.8) is 0 Å². The van der Waals surface area contributed by atoms with Gasteiger partial charge in [0.15, 0.2) is 11.5 Å². The Kier molecular flexibility index (Phi) is 6.38. The van der Waals surface area contributed by atoms with Crippen molar-refractivity contribution in [3.8, 4) is 11.5 Å². The van der Waals surface area contributed by atoms with Crippen molar-refractivity contribution in [2.24, 2.45) is 0 Å². The summed E-state index contributed by atoms with van der Waals surface area (Å²) in [7, 11) is 1.22. The van der Waals surface area contributed by atoms with Crippen molar-refractivity contribution >= 4 is 35.3 Å². The molecule has 1 aliphatic rings. The number of phenolic OH excluding ortho intramolecular Hbond substituents is 1. The number of carbonyl (C=O) groups excluding carboxylic acids is 3. The zero-order valence-corrected chi connectivity index (χ0v) is 17.2. The third-order valence-corrected chi connectivity index (χ3v) is 4.76. The molecule has 0 bridgehead atoms. The van der Waals surface area contributed by atoms with E-state index in [9.17, 15) is 29.6 Å². The molecule has 0 spiro atoms. The number of imide groups is 1. The lowest BCUT2D eigenvalue weighted by Gasteiger charge is -2.13. The molecule has 0 radical (unpaired) electrons. The fourth-order valence-corrected chi connectivity index (χ4v) is 3.14. The predicted octanol–water partition coefficient (Wildman–Crippen LogP) is 2.40. The number of methoxy groups -OCH3 is 1. The minimum atomic E-state index is -0.836. The van der Waals surface area contributed by atoms with E-state index in [1.54, 1.807) is 12.1 Å². The molecule has 0 aromatic heterocycles. The van der Waals surface area contributed by atoms with E-state index < -0.39 is 35.1 Å². The van der Waals surface area contributed by atoms with Crippen molar-refractivity contribution in [1.82, 2.24) is 10.2 Å². The van der Waals surface area contributed by atoms with Crippen molar-refractivity contribution in [1.29, 1.82) is 0 Å². The zero-order valence-electron chi connectivity index (χ0n) is 17.2. The third kappa shape index (κ3) is 4.51. The number of nitrogens with one attached hydrogen (secondary N) is 2. The summed E-state index contributed by atoms with van der Waals surface area (Å²) in [5.74, 6) is -2.01. The zero-order chi connectivity index (χ0) is 23.4. The highest BCUT2D eigenvalue weighted by molar-refractivity contribution is 6.16. The van der Waals surface area contributed by atoms with Gasteiger partial charge in [-0.1, -0.05) is 25.1 Å². The van der Waals surface area contributed by atoms with Crippen LogP contribution >= 0.6 is 0 Å². The summed E-state index contributed by atoms with van der Waals surface area (Å²) < 4.78 is 4.92. The minimum absolute atomic E-state index is 0.108. The number of nitro benzene ring substituents is 1. The first-order valence-corrected chi connectivity index (χ1v) is 9.52. The van der Waals surface area contributed by atoms with Gasteiger partial charge in [0.2, 0.25) is 5.91 Å². The van der Waals surface area contributed by atoms with Crippen LogP contribution in [0.25, 0.3) is 6.08 Å². The number of aryl methyl sites for hydroxylation is 1. The Balaban J connectivity index is 1.82. The molecular formula is C21H20N4O7. The van der Waals surface area contributed by atoms with Crippen molar-refractivity contribution < 1.29 is 29.2 Å². The van der Waals surface area contributed by atoms with Gasteiger partial charge in [0.1, 0.15) is 12.2 Å². The van der Waals surface area contributed by atoms with Gasteiger partial charge in [-0.2, -0.15) is 0 Å². The Morgan fingerprint density at radius 1 is 1.31 bits per heavy atom. The van der Waals surface area contributed by atoms with Crippen LogP contribution in [0.2, 0.25) is 0 Å². The molecule has 11 nitrogen and oxygen atoms in total. The Morgan fingerprint density at radius 3 is 2.69 bits per heavy atom. The summed E-state index contributed by atoms with van der Waals surface area (Å²) in [4.78, 5) is 48.5. The minimum Gasteiger partial charge on any atom is -0.504 e. The van der Waals surface area contributed by atoms with Gasteiger partial charge in [-0.15, -0.1) is 0 Å². The molecule has 1 fully saturated rings. The second-order valence-corrected chi connectivity index (χ2v) is 6.78. The SMILES string of the molecule is CCc1ccccc1NC(=O)CN1C(=O)N/C(=C/c2cc([N+](=O)[O-])cc(OC)c2O)C1=O. The van der Waals surface area contributed by atoms with Crippen LogP contribution in [0.3, 0.4) is 0 Å². The van der Waals surface area contributed by atoms with Crippen LogP contribution in [0.1, 0.15) is 18.1 Å². The molecule has 32 heavy (non-hydrogen) atoms. The largest absolute Gasteiger partial charge is 0.504 e. The van der Waals surface area contributed by atoms with Gasteiger partial charge in [-0.25, -0.2) is 9.69 Å². The molecule has 2 aromatic carbocycles. The van der Waals surface area contributed by atoms with Gasteiger partial charge < -0.3 is 20.5 Å². The number of rotatable bonds is 7. The quantitative estimate of drug-likeness (QED) is 0.259. The Morgan fingerprint density at radius 2 is 2.03 bits per heavy atom. The van der Waals surface area contributed by atoms with E-state index in [0.29, 0.717) is 17.0 Å². The normalized spacial score (nSPS) is 14.4. The first-order valence-electron chi connectivity index (χ1n) is 9.52. The second-order valence-electron chi connectivity index (χ2n) is 6.78. The maximum Gasteiger partial charge on any atom is 0.329 e. The fourth-order valence-electron chi connectivity index (χ4n) is 3.14. The molecule has 1 heterocycles. The van der Waals surface area contributed by atoms with Crippen molar-refractivity contribution in [2.75, 3.05) is 19.0 Å². The monoisotopic (exact) mass is 440 g/mol. The first kappa shape index (κ1) is 22.3. The summed E-state index contributed by atoms with van der Waals surface area (Å²) >= 11 is 0. The summed E-state index contributed by atoms with van der Waals surface area (Å²) in [6.07, 6.45) is 1.76. The number of hydrogen-bond acceptors (Lipinski definition) is 7. The number of urea groups is 1. The molecule has 0 saturated carbocycles. The van der Waals surface area contributed by atoms with E-state index in [0.717, 1.165) is 23.8 Å². The first-order chi connectivity index (χ1) is 15.2. The Bertz CT molecular complexity index is 1140. The lowest BCUT2D eigenvalue weighted by Crippen LogP contribution is -2.38. The van der Waals surface area contributed by atoms with E-state index in [1.165, 1.54) is 7.11 Å². The van der Waals surface area contributed by atoms with Crippen LogP contribution in [-0.2, 0) is 16.0 Å². The van der Waals surface area contributed by atoms with Crippen molar-refractivity contribution in [3.05, 3.63) is 63.3 Å². The molecule has 11 heteroatoms. The molecule has 1 aliphatic heterocycles. The van der Waals surface area contributed by atoms with E-state index in [2.05, 4.69) is 10.6 Å². The number of amides is 4. The number of nitro groups is 1. The summed E-state index contributed by atoms with van der Waals surface area (Å²) in [6, 6.07) is 8.37. The van der Waals surface area contributed by atoms with Gasteiger partial charge >= 0.3 is 6.03 Å². The fraction of sp³-hybridized carbons (Fsp3) is 0.190. The standard InChI is InChI=1S/C21H20N4O7/c1-3-12-6-4-5-7-15(12)22-18(26)11-24-20(28)16(23-21(24)29)9-13-8-14(25(30)31)10-17(32-2)19(13)27/h4-10,27H,3,11H2,1-2H3,(H,22,26)(H,23,29)/b16-9+. The molecule has 0 unspecified atom stereocenters. The number of nitrogens with zero attached hydrogens (tertiary/aromatic N) is 2. The highest BCUT2D eigenvalue weighted by Gasteiger charge is 2.35. The highest BCUT2D eigenvalue weighted by atomic mass is 16.6. The van der Waals surface area contributed by atoms with Gasteiger partial charge in [0.05, 0.1) is 18.1 Å². The van der Waals surface area contributed by atoms with Crippen molar-refractivity contribution in [2.45, 2.75) is 13.3 Å². The number of carbonyl (C=O) groups is 3. The smallest absolute Gasteiger partial charge is 0.329 e. The average molecular weight is 440 g/mol. The molecular weight excluding hydrogens is 420 g/mol. The molecule has 0 atom stereocenters. The van der Waals surface area contributed by atoms with E-state index in [1.807, 2.05) is 19.1 Å². The van der Waals surface area contributed by atoms with Gasteiger partial charge in [0.25, 0.3) is 11.6 Å². The third-order valence-electron chi connectivity index (χ3n) is 4.76. The van der Waals surface area contributed by atoms with Crippen LogP contribution in [0.4, 0.5) is 16.2 Å². The van der Waals surface area contributed by atoms with Crippen LogP contribution in [-0.4, -0.2) is 46.4 Å². The predicted molar refractivity (Wildman–Crippen MR) is 114 cm³/mol. The number of hydrogen-bond donors (Lipinski definition) is 3. The summed E-state index contributed by atoms with van der Waals surface area (Å²) in [5, 5.41) is 26.3. The van der Waals surface area contributed by atoms with Gasteiger partial charge in [-0.3, -0.25) is 19.7 Å². The second kappa shape index (κ2) is 9.16. The average Bonchev–Trinajstić information content (AvgIpc) is 3.02. The van der Waals surface area contributed by atoms with E-state index in [-0.39, 0.29) is 22.7 Å². The Hall–Kier alpha value is -4.41. The van der Waals surface area contributed by atoms with Crippen LogP contribution in [0, 0.1) is 10.1 Å². The number of ether oxygens (including phenoxy) is 1. The molecule has 4 amide bonds. The maximum absolute atomic E-state index is 12.7. The maximum atomic E-state index is 12.7. The molecule has 3 rings (SSSR count). The van der Waals surface area contributed by atoms with Gasteiger partial charge in [-0.05, 0) is 24.1 Å². The lowest BCUT2D eigenvalue weighted by molar-refractivity contribution is -0.385. The van der Waals surface area contributed by atoms with Crippen LogP contribution in [0.5, 0.6) is 11.5 Å². The van der Waals surface area contributed by atoms with Crippen LogP contribution in [0.15, 0.2) is 42.1 Å². The molecule has 3 N–H and O–H groups in total. The van der Waals surface area contributed by atoms with Gasteiger partial charge in [0, 0.05) is 17.3 Å². The van der Waals surface area contributed by atoms with E-state index in [4.69, 9.17) is 4.74 Å². The number of benzene rings is 2. The molecule has 1 saturated heterocycles. The Labute approximate surface area is 182 Å². The topological polar surface area (TPSA) is 151 Å². The molecule has 0 aliphatic carbocycles. The molecule has 166 valence electrons. The summed E-state index contributed by atoms with van der Waals surface area (Å²) in [6.45, 7) is 1.39. The number of non-ortho nitro benzene ring substituents is 1. The highest BCUT2D eigenvalue weighted by Crippen LogP contribution is 2.36. The number of phenols is 1. The van der Waals surface area contributed by atoms with E-state index >= 15 is 0 Å².